The molecule has 2 saturated heterocycles. The summed E-state index contributed by atoms with van der Waals surface area (Å²) in [5.74, 6) is 1.67. The van der Waals surface area contributed by atoms with Gasteiger partial charge in [-0.25, -0.2) is 0 Å². The SMILES string of the molecule is O=C(c1ccc2c(c1)OCO2)N1CCC(C(=O)N2CCCCC2)CC1. The van der Waals surface area contributed by atoms with Gasteiger partial charge in [0.2, 0.25) is 12.7 Å². The first-order valence-electron chi connectivity index (χ1n) is 9.20. The fraction of sp³-hybridized carbons (Fsp3) is 0.579. The van der Waals surface area contributed by atoms with Crippen molar-refractivity contribution in [2.24, 2.45) is 5.92 Å². The Morgan fingerprint density at radius 1 is 0.880 bits per heavy atom. The van der Waals surface area contributed by atoms with E-state index in [9.17, 15) is 9.59 Å². The molecular formula is C19H24N2O4. The molecule has 25 heavy (non-hydrogen) atoms. The molecule has 1 aromatic carbocycles. The first kappa shape index (κ1) is 16.2. The van der Waals surface area contributed by atoms with E-state index < -0.39 is 0 Å². The summed E-state index contributed by atoms with van der Waals surface area (Å²) in [5.41, 5.74) is 0.616. The largest absolute Gasteiger partial charge is 0.454 e. The average molecular weight is 344 g/mol. The maximum atomic E-state index is 12.7. The van der Waals surface area contributed by atoms with Crippen LogP contribution >= 0.6 is 0 Å². The number of likely N-dealkylation sites (tertiary alicyclic amines) is 2. The topological polar surface area (TPSA) is 59.1 Å². The van der Waals surface area contributed by atoms with Crippen molar-refractivity contribution in [1.29, 1.82) is 0 Å². The predicted molar refractivity (Wildman–Crippen MR) is 91.6 cm³/mol. The van der Waals surface area contributed by atoms with Gasteiger partial charge in [0.25, 0.3) is 5.91 Å². The van der Waals surface area contributed by atoms with E-state index in [4.69, 9.17) is 9.47 Å². The molecule has 0 radical (unpaired) electrons. The minimum Gasteiger partial charge on any atom is -0.454 e. The molecule has 6 heteroatoms. The molecule has 2 amide bonds. The van der Waals surface area contributed by atoms with Gasteiger partial charge in [0.15, 0.2) is 11.5 Å². The third kappa shape index (κ3) is 3.30. The second kappa shape index (κ2) is 6.94. The summed E-state index contributed by atoms with van der Waals surface area (Å²) in [6.07, 6.45) is 4.98. The maximum absolute atomic E-state index is 12.7. The quantitative estimate of drug-likeness (QED) is 0.826. The summed E-state index contributed by atoms with van der Waals surface area (Å²) in [5, 5.41) is 0. The van der Waals surface area contributed by atoms with Crippen molar-refractivity contribution in [1.82, 2.24) is 9.80 Å². The van der Waals surface area contributed by atoms with Crippen LogP contribution in [-0.4, -0.2) is 54.6 Å². The Labute approximate surface area is 147 Å². The van der Waals surface area contributed by atoms with E-state index in [1.807, 2.05) is 9.80 Å². The maximum Gasteiger partial charge on any atom is 0.253 e. The summed E-state index contributed by atoms with van der Waals surface area (Å²) in [6.45, 7) is 3.27. The van der Waals surface area contributed by atoms with Crippen LogP contribution in [0.2, 0.25) is 0 Å². The number of hydrogen-bond acceptors (Lipinski definition) is 4. The molecule has 0 aromatic heterocycles. The number of carbonyl (C=O) groups excluding carboxylic acids is 2. The molecule has 0 saturated carbocycles. The van der Waals surface area contributed by atoms with Crippen LogP contribution in [0.1, 0.15) is 42.5 Å². The van der Waals surface area contributed by atoms with Crippen LogP contribution in [0.4, 0.5) is 0 Å². The number of benzene rings is 1. The van der Waals surface area contributed by atoms with Crippen molar-refractivity contribution in [3.63, 3.8) is 0 Å². The molecule has 3 heterocycles. The van der Waals surface area contributed by atoms with Crippen LogP contribution in [-0.2, 0) is 4.79 Å². The Hall–Kier alpha value is -2.24. The summed E-state index contributed by atoms with van der Waals surface area (Å²) < 4.78 is 10.6. The first-order valence-corrected chi connectivity index (χ1v) is 9.20. The Morgan fingerprint density at radius 3 is 2.36 bits per heavy atom. The van der Waals surface area contributed by atoms with Gasteiger partial charge >= 0.3 is 0 Å². The van der Waals surface area contributed by atoms with Gasteiger partial charge in [-0.05, 0) is 50.3 Å². The molecule has 6 nitrogen and oxygen atoms in total. The Kier molecular flexibility index (Phi) is 4.51. The van der Waals surface area contributed by atoms with E-state index in [1.54, 1.807) is 18.2 Å². The number of amides is 2. The van der Waals surface area contributed by atoms with Crippen LogP contribution < -0.4 is 9.47 Å². The number of nitrogens with zero attached hydrogens (tertiary/aromatic N) is 2. The van der Waals surface area contributed by atoms with E-state index in [2.05, 4.69) is 0 Å². The second-order valence-electron chi connectivity index (χ2n) is 7.02. The number of hydrogen-bond donors (Lipinski definition) is 0. The molecular weight excluding hydrogens is 320 g/mol. The zero-order chi connectivity index (χ0) is 17.2. The lowest BCUT2D eigenvalue weighted by molar-refractivity contribution is -0.137. The molecule has 4 rings (SSSR count). The number of fused-ring (bicyclic) bond motifs is 1. The highest BCUT2D eigenvalue weighted by Gasteiger charge is 2.31. The van der Waals surface area contributed by atoms with E-state index >= 15 is 0 Å². The molecule has 0 atom stereocenters. The van der Waals surface area contributed by atoms with Crippen LogP contribution in [0, 0.1) is 5.92 Å². The monoisotopic (exact) mass is 344 g/mol. The van der Waals surface area contributed by atoms with Crippen molar-refractivity contribution >= 4 is 11.8 Å². The van der Waals surface area contributed by atoms with Crippen LogP contribution in [0.3, 0.4) is 0 Å². The first-order chi connectivity index (χ1) is 12.2. The summed E-state index contributed by atoms with van der Waals surface area (Å²) >= 11 is 0. The highest BCUT2D eigenvalue weighted by Crippen LogP contribution is 2.33. The van der Waals surface area contributed by atoms with Crippen molar-refractivity contribution < 1.29 is 19.1 Å². The number of ether oxygens (including phenoxy) is 2. The van der Waals surface area contributed by atoms with Crippen molar-refractivity contribution in [2.75, 3.05) is 33.0 Å². The number of rotatable bonds is 2. The minimum absolute atomic E-state index is 0.00201. The average Bonchev–Trinajstić information content (AvgIpc) is 3.15. The zero-order valence-corrected chi connectivity index (χ0v) is 14.4. The fourth-order valence-electron chi connectivity index (χ4n) is 3.91. The van der Waals surface area contributed by atoms with Crippen LogP contribution in [0.25, 0.3) is 0 Å². The molecule has 3 aliphatic rings. The molecule has 0 bridgehead atoms. The third-order valence-electron chi connectivity index (χ3n) is 5.42. The van der Waals surface area contributed by atoms with Gasteiger partial charge in [0, 0.05) is 37.7 Å². The van der Waals surface area contributed by atoms with Crippen molar-refractivity contribution in [3.05, 3.63) is 23.8 Å². The molecule has 0 aliphatic carbocycles. The normalized spacial score (nSPS) is 20.6. The molecule has 3 aliphatic heterocycles. The van der Waals surface area contributed by atoms with Gasteiger partial charge < -0.3 is 19.3 Å². The van der Waals surface area contributed by atoms with Gasteiger partial charge in [-0.1, -0.05) is 0 Å². The zero-order valence-electron chi connectivity index (χ0n) is 14.4. The van der Waals surface area contributed by atoms with E-state index in [0.717, 1.165) is 38.8 Å². The van der Waals surface area contributed by atoms with Gasteiger partial charge in [0.05, 0.1) is 0 Å². The van der Waals surface area contributed by atoms with Gasteiger partial charge in [-0.15, -0.1) is 0 Å². The summed E-state index contributed by atoms with van der Waals surface area (Å²) in [4.78, 5) is 29.2. The Bertz CT molecular complexity index is 661. The molecule has 134 valence electrons. The lowest BCUT2D eigenvalue weighted by Crippen LogP contribution is -2.45. The molecule has 0 spiro atoms. The van der Waals surface area contributed by atoms with Gasteiger partial charge in [-0.3, -0.25) is 9.59 Å². The molecule has 1 aromatic rings. The smallest absolute Gasteiger partial charge is 0.253 e. The van der Waals surface area contributed by atoms with Crippen LogP contribution in [0.15, 0.2) is 18.2 Å². The Balaban J connectivity index is 1.35. The van der Waals surface area contributed by atoms with Crippen molar-refractivity contribution in [2.45, 2.75) is 32.1 Å². The molecule has 0 unspecified atom stereocenters. The summed E-state index contributed by atoms with van der Waals surface area (Å²) in [6, 6.07) is 5.30. The lowest BCUT2D eigenvalue weighted by atomic mass is 9.94. The van der Waals surface area contributed by atoms with Crippen LogP contribution in [0.5, 0.6) is 11.5 Å². The minimum atomic E-state index is 0.00201. The van der Waals surface area contributed by atoms with Gasteiger partial charge in [-0.2, -0.15) is 0 Å². The van der Waals surface area contributed by atoms with E-state index in [1.165, 1.54) is 6.42 Å². The lowest BCUT2D eigenvalue weighted by Gasteiger charge is -2.35. The van der Waals surface area contributed by atoms with Gasteiger partial charge in [0.1, 0.15) is 0 Å². The molecule has 2 fully saturated rings. The Morgan fingerprint density at radius 2 is 1.60 bits per heavy atom. The fourth-order valence-corrected chi connectivity index (χ4v) is 3.91. The highest BCUT2D eigenvalue weighted by atomic mass is 16.7. The number of carbonyl (C=O) groups is 2. The second-order valence-corrected chi connectivity index (χ2v) is 7.02. The third-order valence-corrected chi connectivity index (χ3v) is 5.42. The van der Waals surface area contributed by atoms with E-state index in [0.29, 0.717) is 30.2 Å². The standard InChI is InChI=1S/C19H24N2O4/c22-18(20-8-2-1-3-9-20)14-6-10-21(11-7-14)19(23)15-4-5-16-17(12-15)25-13-24-16/h4-5,12,14H,1-3,6-11,13H2. The highest BCUT2D eigenvalue weighted by molar-refractivity contribution is 5.95. The predicted octanol–water partition coefficient (Wildman–Crippen LogP) is 2.28. The number of piperidine rings is 2. The van der Waals surface area contributed by atoms with Crippen molar-refractivity contribution in [3.8, 4) is 11.5 Å². The molecule has 0 N–H and O–H groups in total. The summed E-state index contributed by atoms with van der Waals surface area (Å²) in [7, 11) is 0. The van der Waals surface area contributed by atoms with E-state index in [-0.39, 0.29) is 24.5 Å².